The standard InChI is InChI=1S/C22H25N3OS/c1-16-9-11-18(12-10-16)25-20(27)24-19(23-17-7-5-4-6-8-17)22(25)13-14-26-21(2,3)15-22/h4-12H,13-15H2,1-3H3,(H,23,24,27)/t22-/m0/s1. The lowest BCUT2D eigenvalue weighted by molar-refractivity contribution is -0.0661. The summed E-state index contributed by atoms with van der Waals surface area (Å²) in [4.78, 5) is 7.03. The molecule has 1 fully saturated rings. The average Bonchev–Trinajstić information content (AvgIpc) is 2.86. The first-order chi connectivity index (χ1) is 12.9. The van der Waals surface area contributed by atoms with E-state index in [0.717, 1.165) is 30.1 Å². The molecule has 4 nitrogen and oxygen atoms in total. The Labute approximate surface area is 166 Å². The molecular weight excluding hydrogens is 354 g/mol. The zero-order valence-electron chi connectivity index (χ0n) is 16.0. The maximum absolute atomic E-state index is 6.04. The van der Waals surface area contributed by atoms with Crippen molar-refractivity contribution in [3.8, 4) is 0 Å². The van der Waals surface area contributed by atoms with Crippen LogP contribution < -0.4 is 10.2 Å². The molecule has 0 unspecified atom stereocenters. The molecule has 1 N–H and O–H groups in total. The summed E-state index contributed by atoms with van der Waals surface area (Å²) in [6, 6.07) is 18.7. The molecular formula is C22H25N3OS. The number of thiocarbonyl (C=S) groups is 1. The van der Waals surface area contributed by atoms with Crippen molar-refractivity contribution in [2.24, 2.45) is 4.99 Å². The van der Waals surface area contributed by atoms with E-state index in [4.69, 9.17) is 21.9 Å². The minimum Gasteiger partial charge on any atom is -0.375 e. The number of ether oxygens (including phenoxy) is 1. The lowest BCUT2D eigenvalue weighted by Crippen LogP contribution is -2.60. The number of nitrogens with zero attached hydrogens (tertiary/aromatic N) is 2. The van der Waals surface area contributed by atoms with Gasteiger partial charge in [0, 0.05) is 30.8 Å². The molecule has 27 heavy (non-hydrogen) atoms. The zero-order chi connectivity index (χ0) is 19.1. The number of anilines is 2. The zero-order valence-corrected chi connectivity index (χ0v) is 16.8. The first-order valence-corrected chi connectivity index (χ1v) is 9.77. The van der Waals surface area contributed by atoms with Crippen molar-refractivity contribution in [1.29, 1.82) is 0 Å². The van der Waals surface area contributed by atoms with Crippen molar-refractivity contribution >= 4 is 34.5 Å². The molecule has 2 aromatic rings. The van der Waals surface area contributed by atoms with Gasteiger partial charge >= 0.3 is 0 Å². The van der Waals surface area contributed by atoms with Gasteiger partial charge in [0.05, 0.1) is 5.60 Å². The van der Waals surface area contributed by atoms with E-state index >= 15 is 0 Å². The van der Waals surface area contributed by atoms with E-state index in [2.05, 4.69) is 67.4 Å². The van der Waals surface area contributed by atoms with Gasteiger partial charge in [0.1, 0.15) is 11.4 Å². The molecule has 1 atom stereocenters. The van der Waals surface area contributed by atoms with Crippen LogP contribution in [0.2, 0.25) is 0 Å². The number of aryl methyl sites for hydroxylation is 1. The molecule has 0 amide bonds. The summed E-state index contributed by atoms with van der Waals surface area (Å²) in [5.74, 6) is 0.913. The average molecular weight is 380 g/mol. The summed E-state index contributed by atoms with van der Waals surface area (Å²) in [6.07, 6.45) is 1.65. The van der Waals surface area contributed by atoms with Crippen LogP contribution in [0.15, 0.2) is 59.6 Å². The van der Waals surface area contributed by atoms with Gasteiger partial charge in [0.25, 0.3) is 0 Å². The molecule has 0 aliphatic carbocycles. The minimum absolute atomic E-state index is 0.250. The Morgan fingerprint density at radius 1 is 1.07 bits per heavy atom. The quantitative estimate of drug-likeness (QED) is 0.750. The van der Waals surface area contributed by atoms with Gasteiger partial charge in [-0.05, 0) is 57.3 Å². The molecule has 2 aliphatic rings. The third-order valence-corrected chi connectivity index (χ3v) is 5.60. The second-order valence-corrected chi connectivity index (χ2v) is 8.34. The van der Waals surface area contributed by atoms with E-state index in [0.29, 0.717) is 11.7 Å². The monoisotopic (exact) mass is 379 g/mol. The van der Waals surface area contributed by atoms with E-state index in [1.165, 1.54) is 5.56 Å². The Balaban J connectivity index is 1.77. The number of rotatable bonds is 2. The molecule has 5 heteroatoms. The topological polar surface area (TPSA) is 36.9 Å². The predicted molar refractivity (Wildman–Crippen MR) is 116 cm³/mol. The Morgan fingerprint density at radius 3 is 2.44 bits per heavy atom. The molecule has 2 heterocycles. The fraction of sp³-hybridized carbons (Fsp3) is 0.364. The van der Waals surface area contributed by atoms with Gasteiger partial charge in [-0.1, -0.05) is 35.9 Å². The van der Waals surface area contributed by atoms with Gasteiger partial charge in [0.2, 0.25) is 5.11 Å². The summed E-state index contributed by atoms with van der Waals surface area (Å²) in [6.45, 7) is 7.05. The Kier molecular flexibility index (Phi) is 4.52. The van der Waals surface area contributed by atoms with E-state index in [-0.39, 0.29) is 11.1 Å². The fourth-order valence-corrected chi connectivity index (χ4v) is 4.50. The maximum atomic E-state index is 6.04. The molecule has 140 valence electrons. The lowest BCUT2D eigenvalue weighted by Gasteiger charge is -2.48. The first-order valence-electron chi connectivity index (χ1n) is 9.36. The highest BCUT2D eigenvalue weighted by atomic mass is 32.1. The van der Waals surface area contributed by atoms with Crippen LogP contribution in [0.25, 0.3) is 0 Å². The number of nitrogens with one attached hydrogen (secondary N) is 1. The molecule has 1 saturated heterocycles. The van der Waals surface area contributed by atoms with E-state index in [9.17, 15) is 0 Å². The van der Waals surface area contributed by atoms with Crippen molar-refractivity contribution in [3.63, 3.8) is 0 Å². The Hall–Kier alpha value is -2.24. The summed E-state index contributed by atoms with van der Waals surface area (Å²) < 4.78 is 6.04. The summed E-state index contributed by atoms with van der Waals surface area (Å²) >= 11 is 5.73. The van der Waals surface area contributed by atoms with Crippen LogP contribution in [0, 0.1) is 6.92 Å². The van der Waals surface area contributed by atoms with Crippen LogP contribution in [0.1, 0.15) is 32.3 Å². The second kappa shape index (κ2) is 6.73. The molecule has 0 aromatic heterocycles. The molecule has 2 aliphatic heterocycles. The molecule has 2 aromatic carbocycles. The van der Waals surface area contributed by atoms with Crippen molar-refractivity contribution in [2.75, 3.05) is 16.8 Å². The van der Waals surface area contributed by atoms with Crippen molar-refractivity contribution < 1.29 is 4.74 Å². The number of hydrogen-bond donors (Lipinski definition) is 1. The third kappa shape index (κ3) is 3.37. The lowest BCUT2D eigenvalue weighted by atomic mass is 9.79. The van der Waals surface area contributed by atoms with E-state index in [1.807, 2.05) is 18.2 Å². The van der Waals surface area contributed by atoms with E-state index in [1.54, 1.807) is 0 Å². The van der Waals surface area contributed by atoms with Crippen molar-refractivity contribution in [2.45, 2.75) is 44.8 Å². The molecule has 4 rings (SSSR count). The van der Waals surface area contributed by atoms with Gasteiger partial charge in [-0.2, -0.15) is 0 Å². The molecule has 1 spiro atoms. The molecule has 0 bridgehead atoms. The largest absolute Gasteiger partial charge is 0.375 e. The maximum Gasteiger partial charge on any atom is 0.202 e. The van der Waals surface area contributed by atoms with E-state index < -0.39 is 0 Å². The van der Waals surface area contributed by atoms with Crippen molar-refractivity contribution in [1.82, 2.24) is 0 Å². The van der Waals surface area contributed by atoms with Gasteiger partial charge < -0.3 is 15.0 Å². The number of hydrogen-bond acceptors (Lipinski definition) is 3. The van der Waals surface area contributed by atoms with Crippen LogP contribution >= 0.6 is 12.2 Å². The summed E-state index contributed by atoms with van der Waals surface area (Å²) in [5, 5.41) is 4.15. The summed E-state index contributed by atoms with van der Waals surface area (Å²) in [7, 11) is 0. The summed E-state index contributed by atoms with van der Waals surface area (Å²) in [5.41, 5.74) is 2.75. The third-order valence-electron chi connectivity index (χ3n) is 5.32. The van der Waals surface area contributed by atoms with Crippen LogP contribution in [-0.2, 0) is 4.74 Å². The molecule has 0 saturated carbocycles. The SMILES string of the molecule is Cc1ccc(N2C(=S)N=C(Nc3ccccc3)[C@@]23CCOC(C)(C)C3)cc1. The van der Waals surface area contributed by atoms with Gasteiger partial charge in [-0.3, -0.25) is 0 Å². The normalized spacial score (nSPS) is 24.2. The highest BCUT2D eigenvalue weighted by Gasteiger charge is 2.53. The fourth-order valence-electron chi connectivity index (χ4n) is 4.13. The van der Waals surface area contributed by atoms with Crippen LogP contribution in [0.3, 0.4) is 0 Å². The van der Waals surface area contributed by atoms with Crippen LogP contribution in [0.5, 0.6) is 0 Å². The highest BCUT2D eigenvalue weighted by Crippen LogP contribution is 2.43. The number of aliphatic imine (C=N–C) groups is 1. The van der Waals surface area contributed by atoms with Gasteiger partial charge in [-0.25, -0.2) is 4.99 Å². The second-order valence-electron chi connectivity index (χ2n) is 7.97. The molecule has 0 radical (unpaired) electrons. The predicted octanol–water partition coefficient (Wildman–Crippen LogP) is 4.94. The number of amidine groups is 1. The minimum atomic E-state index is -0.329. The van der Waals surface area contributed by atoms with Gasteiger partial charge in [-0.15, -0.1) is 0 Å². The Bertz CT molecular complexity index is 876. The van der Waals surface area contributed by atoms with Crippen LogP contribution in [0.4, 0.5) is 11.4 Å². The van der Waals surface area contributed by atoms with Crippen molar-refractivity contribution in [3.05, 3.63) is 60.2 Å². The first kappa shape index (κ1) is 18.1. The van der Waals surface area contributed by atoms with Crippen LogP contribution in [-0.4, -0.2) is 28.7 Å². The number of para-hydroxylation sites is 1. The number of benzene rings is 2. The van der Waals surface area contributed by atoms with Gasteiger partial charge in [0.15, 0.2) is 0 Å². The smallest absolute Gasteiger partial charge is 0.202 e. The Morgan fingerprint density at radius 2 is 1.78 bits per heavy atom. The highest BCUT2D eigenvalue weighted by molar-refractivity contribution is 7.80.